The quantitative estimate of drug-likeness (QED) is 0.799. The maximum atomic E-state index is 13.8. The summed E-state index contributed by atoms with van der Waals surface area (Å²) in [5, 5.41) is 4.46. The van der Waals surface area contributed by atoms with E-state index in [0.29, 0.717) is 12.1 Å². The molecule has 0 bridgehead atoms. The van der Waals surface area contributed by atoms with Crippen LogP contribution in [0.3, 0.4) is 0 Å². The van der Waals surface area contributed by atoms with Crippen LogP contribution in [-0.2, 0) is 11.3 Å². The fraction of sp³-hybridized carbons (Fsp3) is 0.375. The van der Waals surface area contributed by atoms with E-state index in [-0.39, 0.29) is 23.9 Å². The predicted molar refractivity (Wildman–Crippen MR) is 120 cm³/mol. The number of aromatic nitrogens is 1. The molecule has 2 atom stereocenters. The van der Waals surface area contributed by atoms with E-state index < -0.39 is 0 Å². The molecule has 162 valence electrons. The van der Waals surface area contributed by atoms with E-state index in [9.17, 15) is 9.18 Å². The zero-order valence-corrected chi connectivity index (χ0v) is 17.9. The number of nitrogens with two attached hydrogens (primary N) is 1. The molecule has 1 amide bonds. The molecule has 0 saturated carbocycles. The highest BCUT2D eigenvalue weighted by Crippen LogP contribution is 2.34. The van der Waals surface area contributed by atoms with Crippen LogP contribution in [0.15, 0.2) is 53.9 Å². The zero-order valence-electron chi connectivity index (χ0n) is 17.9. The van der Waals surface area contributed by atoms with Gasteiger partial charge >= 0.3 is 0 Å². The Morgan fingerprint density at radius 2 is 2.16 bits per heavy atom. The summed E-state index contributed by atoms with van der Waals surface area (Å²) in [5.74, 6) is -0.196. The smallest absolute Gasteiger partial charge is 0.253 e. The first-order valence-corrected chi connectivity index (χ1v) is 11.0. The minimum Gasteiger partial charge on any atom is -0.359 e. The summed E-state index contributed by atoms with van der Waals surface area (Å²) in [7, 11) is 0. The van der Waals surface area contributed by atoms with E-state index >= 15 is 0 Å². The zero-order chi connectivity index (χ0) is 21.7. The first-order valence-electron chi connectivity index (χ1n) is 11.0. The lowest BCUT2D eigenvalue weighted by atomic mass is 10.0. The maximum absolute atomic E-state index is 13.8. The van der Waals surface area contributed by atoms with Crippen molar-refractivity contribution in [3.05, 3.63) is 65.4 Å². The Morgan fingerprint density at radius 1 is 1.32 bits per heavy atom. The topological polar surface area (TPSA) is 66.5 Å². The summed E-state index contributed by atoms with van der Waals surface area (Å²) in [6.07, 6.45) is 7.63. The molecular weight excluding hydrogens is 393 g/mol. The molecule has 2 unspecified atom stereocenters. The standard InChI is InChI=1S/C24H28FN5O/c1-3-29-20-7-6-18(25)11-17(20)12-21(29)23-15(2)30-10-8-16(13-22(30)27-23)24(31)28-9-4-5-19(26)14-28/h6-8,10-13,19,22,27H,3-5,9,14,26H2,1-2H3. The molecule has 2 aromatic rings. The number of hydrogen-bond acceptors (Lipinski definition) is 4. The van der Waals surface area contributed by atoms with Crippen LogP contribution in [0.5, 0.6) is 0 Å². The second kappa shape index (κ2) is 7.57. The van der Waals surface area contributed by atoms with Crippen LogP contribution < -0.4 is 11.1 Å². The Bertz CT molecular complexity index is 1140. The first kappa shape index (κ1) is 19.9. The van der Waals surface area contributed by atoms with Gasteiger partial charge < -0.3 is 25.4 Å². The highest BCUT2D eigenvalue weighted by Gasteiger charge is 2.33. The van der Waals surface area contributed by atoms with Crippen molar-refractivity contribution in [1.82, 2.24) is 19.7 Å². The number of carbonyl (C=O) groups excluding carboxylic acids is 1. The summed E-state index contributed by atoms with van der Waals surface area (Å²) in [6, 6.07) is 6.99. The van der Waals surface area contributed by atoms with Crippen molar-refractivity contribution in [3.8, 4) is 0 Å². The molecule has 4 heterocycles. The summed E-state index contributed by atoms with van der Waals surface area (Å²) in [4.78, 5) is 17.0. The van der Waals surface area contributed by atoms with E-state index in [1.165, 1.54) is 6.07 Å². The molecule has 1 saturated heterocycles. The van der Waals surface area contributed by atoms with Crippen LogP contribution in [0.25, 0.3) is 16.6 Å². The fourth-order valence-electron chi connectivity index (χ4n) is 4.94. The lowest BCUT2D eigenvalue weighted by Gasteiger charge is -2.32. The number of piperidine rings is 1. The number of carbonyl (C=O) groups is 1. The van der Waals surface area contributed by atoms with Crippen LogP contribution in [0.2, 0.25) is 0 Å². The number of hydrogen-bond donors (Lipinski definition) is 2. The highest BCUT2D eigenvalue weighted by molar-refractivity contribution is 5.97. The number of nitrogens with one attached hydrogen (secondary N) is 1. The van der Waals surface area contributed by atoms with Crippen molar-refractivity contribution in [2.75, 3.05) is 13.1 Å². The van der Waals surface area contributed by atoms with Gasteiger partial charge in [-0.05, 0) is 63.1 Å². The number of allylic oxidation sites excluding steroid dienone is 1. The average molecular weight is 422 g/mol. The molecule has 1 aromatic carbocycles. The van der Waals surface area contributed by atoms with Gasteiger partial charge in [-0.25, -0.2) is 4.39 Å². The second-order valence-corrected chi connectivity index (χ2v) is 8.53. The molecule has 5 rings (SSSR count). The molecule has 3 aliphatic heterocycles. The normalized spacial score (nSPS) is 23.3. The minimum atomic E-state index is -0.235. The largest absolute Gasteiger partial charge is 0.359 e. The molecule has 7 heteroatoms. The van der Waals surface area contributed by atoms with Crippen molar-refractivity contribution < 1.29 is 9.18 Å². The Kier molecular flexibility index (Phi) is 4.85. The average Bonchev–Trinajstić information content (AvgIpc) is 3.29. The van der Waals surface area contributed by atoms with Gasteiger partial charge in [0.2, 0.25) is 0 Å². The van der Waals surface area contributed by atoms with E-state index in [0.717, 1.165) is 53.9 Å². The fourth-order valence-corrected chi connectivity index (χ4v) is 4.94. The van der Waals surface area contributed by atoms with Gasteiger partial charge in [0.1, 0.15) is 12.0 Å². The molecule has 1 aromatic heterocycles. The van der Waals surface area contributed by atoms with Crippen molar-refractivity contribution >= 4 is 22.5 Å². The molecule has 6 nitrogen and oxygen atoms in total. The summed E-state index contributed by atoms with van der Waals surface area (Å²) in [6.45, 7) is 6.30. The molecule has 1 fully saturated rings. The Hall–Kier alpha value is -3.06. The Morgan fingerprint density at radius 3 is 2.94 bits per heavy atom. The molecule has 3 N–H and O–H groups in total. The minimum absolute atomic E-state index is 0.0390. The third-order valence-electron chi connectivity index (χ3n) is 6.52. The second-order valence-electron chi connectivity index (χ2n) is 8.53. The molecule has 31 heavy (non-hydrogen) atoms. The Labute approximate surface area is 181 Å². The van der Waals surface area contributed by atoms with Gasteiger partial charge in [0.05, 0.1) is 11.4 Å². The van der Waals surface area contributed by atoms with Crippen LogP contribution in [0, 0.1) is 5.82 Å². The third-order valence-corrected chi connectivity index (χ3v) is 6.52. The predicted octanol–water partition coefficient (Wildman–Crippen LogP) is 3.12. The number of halogens is 1. The SMILES string of the molecule is CCn1c(C2=C(C)N3C=CC(C(=O)N4CCCC(N)C4)=CC3N2)cc2cc(F)ccc21. The van der Waals surface area contributed by atoms with Gasteiger partial charge in [-0.2, -0.15) is 0 Å². The van der Waals surface area contributed by atoms with E-state index in [1.807, 2.05) is 35.4 Å². The summed E-state index contributed by atoms with van der Waals surface area (Å²) < 4.78 is 16.0. The van der Waals surface area contributed by atoms with E-state index in [4.69, 9.17) is 5.73 Å². The van der Waals surface area contributed by atoms with Crippen LogP contribution in [0.1, 0.15) is 32.4 Å². The van der Waals surface area contributed by atoms with Gasteiger partial charge in [0, 0.05) is 54.0 Å². The molecular formula is C24H28FN5O. The molecule has 0 spiro atoms. The monoisotopic (exact) mass is 421 g/mol. The number of nitrogens with zero attached hydrogens (tertiary/aromatic N) is 3. The maximum Gasteiger partial charge on any atom is 0.253 e. The van der Waals surface area contributed by atoms with E-state index in [2.05, 4.69) is 28.6 Å². The van der Waals surface area contributed by atoms with Crippen molar-refractivity contribution in [3.63, 3.8) is 0 Å². The van der Waals surface area contributed by atoms with E-state index in [1.54, 1.807) is 6.07 Å². The van der Waals surface area contributed by atoms with Gasteiger partial charge in [-0.3, -0.25) is 4.79 Å². The van der Waals surface area contributed by atoms with Gasteiger partial charge in [-0.1, -0.05) is 0 Å². The number of benzene rings is 1. The third kappa shape index (κ3) is 3.33. The van der Waals surface area contributed by atoms with Crippen LogP contribution >= 0.6 is 0 Å². The lowest BCUT2D eigenvalue weighted by Crippen LogP contribution is -2.46. The summed E-state index contributed by atoms with van der Waals surface area (Å²) in [5.41, 5.74) is 10.9. The van der Waals surface area contributed by atoms with Crippen LogP contribution in [-0.4, -0.2) is 45.6 Å². The van der Waals surface area contributed by atoms with Gasteiger partial charge in [0.25, 0.3) is 5.91 Å². The first-order chi connectivity index (χ1) is 15.0. The van der Waals surface area contributed by atoms with Crippen LogP contribution in [0.4, 0.5) is 4.39 Å². The number of likely N-dealkylation sites (tertiary alicyclic amines) is 1. The number of aryl methyl sites for hydroxylation is 1. The highest BCUT2D eigenvalue weighted by atomic mass is 19.1. The van der Waals surface area contributed by atoms with Crippen molar-refractivity contribution in [2.24, 2.45) is 5.73 Å². The molecule has 0 aliphatic carbocycles. The molecule has 3 aliphatic rings. The number of amides is 1. The molecule has 0 radical (unpaired) electrons. The van der Waals surface area contributed by atoms with Crippen molar-refractivity contribution in [1.29, 1.82) is 0 Å². The van der Waals surface area contributed by atoms with Crippen molar-refractivity contribution in [2.45, 2.75) is 45.4 Å². The number of rotatable bonds is 3. The Balaban J connectivity index is 1.44. The summed E-state index contributed by atoms with van der Waals surface area (Å²) >= 11 is 0. The van der Waals surface area contributed by atoms with Gasteiger partial charge in [-0.15, -0.1) is 0 Å². The van der Waals surface area contributed by atoms with Gasteiger partial charge in [0.15, 0.2) is 0 Å². The number of fused-ring (bicyclic) bond motifs is 2. The lowest BCUT2D eigenvalue weighted by molar-refractivity contribution is -0.128.